The highest BCUT2D eigenvalue weighted by molar-refractivity contribution is 5.79. The van der Waals surface area contributed by atoms with Crippen molar-refractivity contribution in [3.8, 4) is 0 Å². The Morgan fingerprint density at radius 1 is 1.27 bits per heavy atom. The summed E-state index contributed by atoms with van der Waals surface area (Å²) in [7, 11) is 0. The fourth-order valence-electron chi connectivity index (χ4n) is 2.84. The van der Waals surface area contributed by atoms with E-state index in [2.05, 4.69) is 10.1 Å². The number of carbonyl (C=O) groups is 1. The molecule has 1 amide bonds. The predicted octanol–water partition coefficient (Wildman–Crippen LogP) is 2.60. The van der Waals surface area contributed by atoms with E-state index in [1.165, 1.54) is 6.07 Å². The van der Waals surface area contributed by atoms with Gasteiger partial charge in [-0.05, 0) is 18.9 Å². The van der Waals surface area contributed by atoms with Crippen LogP contribution in [0, 0.1) is 5.82 Å². The van der Waals surface area contributed by atoms with Gasteiger partial charge in [-0.3, -0.25) is 4.79 Å². The Kier molecular flexibility index (Phi) is 3.17. The van der Waals surface area contributed by atoms with Crippen LogP contribution >= 0.6 is 0 Å². The molecule has 1 aliphatic heterocycles. The quantitative estimate of drug-likeness (QED) is 0.871. The fourth-order valence-corrected chi connectivity index (χ4v) is 2.84. The number of rotatable bonds is 4. The Hall–Kier alpha value is -2.24. The van der Waals surface area contributed by atoms with Crippen molar-refractivity contribution in [3.63, 3.8) is 0 Å². The molecular weight excluding hydrogens is 285 g/mol. The summed E-state index contributed by atoms with van der Waals surface area (Å²) in [5.41, 5.74) is 0.528. The molecule has 2 fully saturated rings. The molecule has 0 bridgehead atoms. The first-order chi connectivity index (χ1) is 10.7. The molecule has 2 aromatic rings. The van der Waals surface area contributed by atoms with Gasteiger partial charge < -0.3 is 9.42 Å². The number of nitrogens with zero attached hydrogens (tertiary/aromatic N) is 3. The first-order valence-electron chi connectivity index (χ1n) is 7.55. The van der Waals surface area contributed by atoms with Gasteiger partial charge in [0, 0.05) is 31.0 Å². The highest BCUT2D eigenvalue weighted by Crippen LogP contribution is 2.39. The predicted molar refractivity (Wildman–Crippen MR) is 75.4 cm³/mol. The van der Waals surface area contributed by atoms with Gasteiger partial charge in [0.05, 0.1) is 5.92 Å². The van der Waals surface area contributed by atoms with Crippen LogP contribution in [0.15, 0.2) is 28.8 Å². The van der Waals surface area contributed by atoms with Crippen LogP contribution in [-0.4, -0.2) is 27.5 Å². The highest BCUT2D eigenvalue weighted by atomic mass is 19.1. The lowest BCUT2D eigenvalue weighted by Gasteiger charge is -2.16. The molecule has 0 spiro atoms. The molecule has 22 heavy (non-hydrogen) atoms. The smallest absolute Gasteiger partial charge is 0.232 e. The zero-order chi connectivity index (χ0) is 15.1. The number of likely N-dealkylation sites (tertiary alicyclic amines) is 1. The maximum absolute atomic E-state index is 13.7. The Morgan fingerprint density at radius 2 is 2.09 bits per heavy atom. The summed E-state index contributed by atoms with van der Waals surface area (Å²) < 4.78 is 19.0. The molecule has 1 aromatic heterocycles. The van der Waals surface area contributed by atoms with E-state index in [0.29, 0.717) is 30.3 Å². The first kappa shape index (κ1) is 13.4. The first-order valence-corrected chi connectivity index (χ1v) is 7.55. The standard InChI is InChI=1S/C16H16FN3O2/c17-13-4-2-1-3-11(13)8-20-9-12(7-14(20)21)16-18-15(19-22-16)10-5-6-10/h1-4,10,12H,5-9H2. The van der Waals surface area contributed by atoms with Gasteiger partial charge in [-0.1, -0.05) is 23.4 Å². The van der Waals surface area contributed by atoms with Crippen molar-refractivity contribution in [3.05, 3.63) is 47.4 Å². The van der Waals surface area contributed by atoms with Crippen LogP contribution in [0.1, 0.15) is 48.4 Å². The second-order valence-corrected chi connectivity index (χ2v) is 6.03. The summed E-state index contributed by atoms with van der Waals surface area (Å²) in [5, 5.41) is 4.00. The van der Waals surface area contributed by atoms with Crippen LogP contribution in [-0.2, 0) is 11.3 Å². The van der Waals surface area contributed by atoms with E-state index in [1.54, 1.807) is 23.1 Å². The van der Waals surface area contributed by atoms with E-state index in [4.69, 9.17) is 4.52 Å². The SMILES string of the molecule is O=C1CC(c2nc(C3CC3)no2)CN1Cc1ccccc1F. The van der Waals surface area contributed by atoms with Gasteiger partial charge in [0.1, 0.15) is 5.82 Å². The number of aromatic nitrogens is 2. The van der Waals surface area contributed by atoms with Gasteiger partial charge in [0.15, 0.2) is 5.82 Å². The van der Waals surface area contributed by atoms with Crippen molar-refractivity contribution in [2.75, 3.05) is 6.54 Å². The molecule has 1 unspecified atom stereocenters. The molecule has 114 valence electrons. The van der Waals surface area contributed by atoms with Crippen molar-refractivity contribution in [1.82, 2.24) is 15.0 Å². The maximum atomic E-state index is 13.7. The van der Waals surface area contributed by atoms with E-state index in [1.807, 2.05) is 0 Å². The lowest BCUT2D eigenvalue weighted by atomic mass is 10.1. The molecule has 1 atom stereocenters. The summed E-state index contributed by atoms with van der Waals surface area (Å²) in [6, 6.07) is 6.53. The zero-order valence-electron chi connectivity index (χ0n) is 12.0. The van der Waals surface area contributed by atoms with Crippen LogP contribution in [0.25, 0.3) is 0 Å². The minimum Gasteiger partial charge on any atom is -0.339 e. The van der Waals surface area contributed by atoms with Crippen molar-refractivity contribution in [2.45, 2.75) is 37.6 Å². The molecule has 5 nitrogen and oxygen atoms in total. The minimum atomic E-state index is -0.285. The van der Waals surface area contributed by atoms with E-state index < -0.39 is 0 Å². The van der Waals surface area contributed by atoms with Crippen molar-refractivity contribution < 1.29 is 13.7 Å². The number of hydrogen-bond acceptors (Lipinski definition) is 4. The van der Waals surface area contributed by atoms with E-state index in [9.17, 15) is 9.18 Å². The Bertz CT molecular complexity index is 711. The lowest BCUT2D eigenvalue weighted by Crippen LogP contribution is -2.24. The van der Waals surface area contributed by atoms with Gasteiger partial charge in [-0.15, -0.1) is 0 Å². The number of amides is 1. The summed E-state index contributed by atoms with van der Waals surface area (Å²) in [5.74, 6) is 1.36. The van der Waals surface area contributed by atoms with Crippen molar-refractivity contribution >= 4 is 5.91 Å². The van der Waals surface area contributed by atoms with Crippen molar-refractivity contribution in [2.24, 2.45) is 0 Å². The molecule has 1 aromatic carbocycles. The topological polar surface area (TPSA) is 59.2 Å². The van der Waals surface area contributed by atoms with Crippen LogP contribution in [0.5, 0.6) is 0 Å². The average molecular weight is 301 g/mol. The third kappa shape index (κ3) is 2.49. The normalized spacial score (nSPS) is 21.6. The Balaban J connectivity index is 1.47. The Morgan fingerprint density at radius 3 is 2.86 bits per heavy atom. The average Bonchev–Trinajstić information content (AvgIpc) is 3.13. The number of halogens is 1. The number of carbonyl (C=O) groups excluding carboxylic acids is 1. The Labute approximate surface area is 127 Å². The van der Waals surface area contributed by atoms with Crippen LogP contribution < -0.4 is 0 Å². The van der Waals surface area contributed by atoms with Crippen LogP contribution in [0.2, 0.25) is 0 Å². The molecule has 2 aliphatic rings. The lowest BCUT2D eigenvalue weighted by molar-refractivity contribution is -0.128. The molecule has 1 saturated carbocycles. The largest absolute Gasteiger partial charge is 0.339 e. The summed E-state index contributed by atoms with van der Waals surface area (Å²) in [6.07, 6.45) is 2.57. The third-order valence-electron chi connectivity index (χ3n) is 4.28. The van der Waals surface area contributed by atoms with E-state index in [-0.39, 0.29) is 24.2 Å². The third-order valence-corrected chi connectivity index (χ3v) is 4.28. The fraction of sp³-hybridized carbons (Fsp3) is 0.438. The molecule has 6 heteroatoms. The van der Waals surface area contributed by atoms with Gasteiger partial charge in [-0.2, -0.15) is 4.98 Å². The molecule has 0 N–H and O–H groups in total. The maximum Gasteiger partial charge on any atom is 0.232 e. The molecule has 1 saturated heterocycles. The summed E-state index contributed by atoms with van der Waals surface area (Å²) in [6.45, 7) is 0.783. The van der Waals surface area contributed by atoms with Crippen molar-refractivity contribution in [1.29, 1.82) is 0 Å². The summed E-state index contributed by atoms with van der Waals surface area (Å²) in [4.78, 5) is 18.2. The summed E-state index contributed by atoms with van der Waals surface area (Å²) >= 11 is 0. The van der Waals surface area contributed by atoms with Gasteiger partial charge in [0.2, 0.25) is 11.8 Å². The van der Waals surface area contributed by atoms with Gasteiger partial charge >= 0.3 is 0 Å². The number of hydrogen-bond donors (Lipinski definition) is 0. The molecule has 1 aliphatic carbocycles. The molecule has 0 radical (unpaired) electrons. The van der Waals surface area contributed by atoms with Gasteiger partial charge in [0.25, 0.3) is 0 Å². The zero-order valence-corrected chi connectivity index (χ0v) is 12.0. The van der Waals surface area contributed by atoms with Crippen LogP contribution in [0.3, 0.4) is 0 Å². The van der Waals surface area contributed by atoms with Crippen LogP contribution in [0.4, 0.5) is 4.39 Å². The minimum absolute atomic E-state index is 0.000532. The van der Waals surface area contributed by atoms with Gasteiger partial charge in [-0.25, -0.2) is 4.39 Å². The monoisotopic (exact) mass is 301 g/mol. The van der Waals surface area contributed by atoms with E-state index in [0.717, 1.165) is 18.7 Å². The molecule has 4 rings (SSSR count). The highest BCUT2D eigenvalue weighted by Gasteiger charge is 2.36. The number of benzene rings is 1. The van der Waals surface area contributed by atoms with E-state index >= 15 is 0 Å². The molecular formula is C16H16FN3O2. The molecule has 2 heterocycles. The second kappa shape index (κ2) is 5.19. The second-order valence-electron chi connectivity index (χ2n) is 6.03.